The number of thiazole rings is 1. The van der Waals surface area contributed by atoms with Crippen LogP contribution in [0.25, 0.3) is 0 Å². The monoisotopic (exact) mass is 266 g/mol. The molecular formula is C14H22N2OS. The first kappa shape index (κ1) is 13.7. The molecule has 0 bridgehead atoms. The number of hydrogen-bond donors (Lipinski definition) is 1. The first-order chi connectivity index (χ1) is 8.60. The molecule has 4 heteroatoms. The summed E-state index contributed by atoms with van der Waals surface area (Å²) in [6.07, 6.45) is 4.24. The standard InChI is InChI=1S/C14H22N2OS/c1-4-11-5-6-15-12(7-11)8-13(17)14-9(2)16-10(3)18-14/h11-12,15H,4-8H2,1-3H3. The van der Waals surface area contributed by atoms with Crippen molar-refractivity contribution in [2.45, 2.75) is 52.5 Å². The van der Waals surface area contributed by atoms with Crippen LogP contribution < -0.4 is 5.32 Å². The Bertz CT molecular complexity index is 427. The zero-order chi connectivity index (χ0) is 13.1. The van der Waals surface area contributed by atoms with E-state index in [1.807, 2.05) is 13.8 Å². The summed E-state index contributed by atoms with van der Waals surface area (Å²) in [5, 5.41) is 4.46. The van der Waals surface area contributed by atoms with Crippen LogP contribution in [0.15, 0.2) is 0 Å². The number of carbonyl (C=O) groups excluding carboxylic acids is 1. The lowest BCUT2D eigenvalue weighted by Crippen LogP contribution is -2.39. The average Bonchev–Trinajstić information content (AvgIpc) is 2.69. The Kier molecular flexibility index (Phi) is 4.51. The van der Waals surface area contributed by atoms with Crippen molar-refractivity contribution < 1.29 is 4.79 Å². The summed E-state index contributed by atoms with van der Waals surface area (Å²) in [5.74, 6) is 1.04. The van der Waals surface area contributed by atoms with Crippen LogP contribution in [0.4, 0.5) is 0 Å². The van der Waals surface area contributed by atoms with Gasteiger partial charge in [-0.1, -0.05) is 13.3 Å². The fourth-order valence-electron chi connectivity index (χ4n) is 2.73. The molecule has 1 aromatic heterocycles. The van der Waals surface area contributed by atoms with Crippen molar-refractivity contribution in [3.8, 4) is 0 Å². The van der Waals surface area contributed by atoms with Crippen molar-refractivity contribution in [1.29, 1.82) is 0 Å². The summed E-state index contributed by atoms with van der Waals surface area (Å²) in [6.45, 7) is 7.18. The molecule has 18 heavy (non-hydrogen) atoms. The molecule has 2 rings (SSSR count). The molecule has 0 amide bonds. The van der Waals surface area contributed by atoms with Crippen molar-refractivity contribution in [1.82, 2.24) is 10.3 Å². The highest BCUT2D eigenvalue weighted by Gasteiger charge is 2.24. The van der Waals surface area contributed by atoms with Crippen LogP contribution in [-0.4, -0.2) is 23.4 Å². The first-order valence-corrected chi connectivity index (χ1v) is 7.62. The van der Waals surface area contributed by atoms with E-state index in [2.05, 4.69) is 17.2 Å². The Morgan fingerprint density at radius 1 is 1.50 bits per heavy atom. The molecule has 0 aliphatic carbocycles. The number of aryl methyl sites for hydroxylation is 2. The zero-order valence-corrected chi connectivity index (χ0v) is 12.3. The van der Waals surface area contributed by atoms with Crippen LogP contribution in [0.3, 0.4) is 0 Å². The van der Waals surface area contributed by atoms with Gasteiger partial charge in [0.2, 0.25) is 0 Å². The minimum Gasteiger partial charge on any atom is -0.314 e. The summed E-state index contributed by atoms with van der Waals surface area (Å²) in [7, 11) is 0. The molecule has 0 spiro atoms. The van der Waals surface area contributed by atoms with Crippen LogP contribution in [0, 0.1) is 19.8 Å². The minimum absolute atomic E-state index is 0.257. The first-order valence-electron chi connectivity index (χ1n) is 6.80. The molecule has 1 aliphatic rings. The number of hydrogen-bond acceptors (Lipinski definition) is 4. The molecule has 100 valence electrons. The largest absolute Gasteiger partial charge is 0.314 e. The number of aromatic nitrogens is 1. The van der Waals surface area contributed by atoms with Gasteiger partial charge in [0.05, 0.1) is 15.6 Å². The van der Waals surface area contributed by atoms with E-state index in [-0.39, 0.29) is 5.78 Å². The second-order valence-electron chi connectivity index (χ2n) is 5.22. The summed E-state index contributed by atoms with van der Waals surface area (Å²) >= 11 is 1.53. The number of rotatable bonds is 4. The lowest BCUT2D eigenvalue weighted by Gasteiger charge is -2.29. The fraction of sp³-hybridized carbons (Fsp3) is 0.714. The summed E-state index contributed by atoms with van der Waals surface area (Å²) in [6, 6.07) is 0.359. The quantitative estimate of drug-likeness (QED) is 0.851. The molecule has 1 aromatic rings. The Morgan fingerprint density at radius 3 is 2.89 bits per heavy atom. The van der Waals surface area contributed by atoms with Crippen LogP contribution in [0.2, 0.25) is 0 Å². The Hall–Kier alpha value is -0.740. The van der Waals surface area contributed by atoms with Crippen molar-refractivity contribution in [3.63, 3.8) is 0 Å². The van der Waals surface area contributed by atoms with Gasteiger partial charge in [-0.15, -0.1) is 11.3 Å². The number of ketones is 1. The van der Waals surface area contributed by atoms with Crippen molar-refractivity contribution in [2.75, 3.05) is 6.54 Å². The highest BCUT2D eigenvalue weighted by Crippen LogP contribution is 2.24. The van der Waals surface area contributed by atoms with Gasteiger partial charge in [-0.2, -0.15) is 0 Å². The van der Waals surface area contributed by atoms with E-state index in [1.165, 1.54) is 24.2 Å². The van der Waals surface area contributed by atoms with Gasteiger partial charge in [0, 0.05) is 12.5 Å². The molecule has 2 heterocycles. The Labute approximate surface area is 113 Å². The number of nitrogens with zero attached hydrogens (tertiary/aromatic N) is 1. The molecule has 0 aromatic carbocycles. The number of carbonyl (C=O) groups is 1. The normalized spacial score (nSPS) is 24.2. The van der Waals surface area contributed by atoms with Crippen molar-refractivity contribution in [3.05, 3.63) is 15.6 Å². The molecule has 1 N–H and O–H groups in total. The van der Waals surface area contributed by atoms with Crippen LogP contribution in [0.1, 0.15) is 53.0 Å². The second-order valence-corrected chi connectivity index (χ2v) is 6.43. The van der Waals surface area contributed by atoms with E-state index in [4.69, 9.17) is 0 Å². The van der Waals surface area contributed by atoms with Gasteiger partial charge in [-0.05, 0) is 39.2 Å². The molecule has 2 unspecified atom stereocenters. The van der Waals surface area contributed by atoms with E-state index < -0.39 is 0 Å². The zero-order valence-electron chi connectivity index (χ0n) is 11.5. The lowest BCUT2D eigenvalue weighted by atomic mass is 9.88. The Balaban J connectivity index is 1.97. The number of Topliss-reactive ketones (excluding diaryl/α,β-unsaturated/α-hetero) is 1. The third-order valence-electron chi connectivity index (χ3n) is 3.77. The summed E-state index contributed by atoms with van der Waals surface area (Å²) < 4.78 is 0. The van der Waals surface area contributed by atoms with Gasteiger partial charge >= 0.3 is 0 Å². The maximum absolute atomic E-state index is 12.3. The van der Waals surface area contributed by atoms with Crippen molar-refractivity contribution >= 4 is 17.1 Å². The SMILES string of the molecule is CCC1CCNC(CC(=O)c2sc(C)nc2C)C1. The average molecular weight is 266 g/mol. The molecule has 1 saturated heterocycles. The van der Waals surface area contributed by atoms with Crippen LogP contribution in [0.5, 0.6) is 0 Å². The maximum Gasteiger partial charge on any atom is 0.176 e. The topological polar surface area (TPSA) is 42.0 Å². The molecule has 2 atom stereocenters. The van der Waals surface area contributed by atoms with E-state index in [9.17, 15) is 4.79 Å². The van der Waals surface area contributed by atoms with Crippen molar-refractivity contribution in [2.24, 2.45) is 5.92 Å². The summed E-state index contributed by atoms with van der Waals surface area (Å²) in [5.41, 5.74) is 0.894. The molecule has 0 saturated carbocycles. The van der Waals surface area contributed by atoms with Gasteiger partial charge in [-0.3, -0.25) is 4.79 Å². The third kappa shape index (κ3) is 3.18. The van der Waals surface area contributed by atoms with Gasteiger partial charge in [-0.25, -0.2) is 4.98 Å². The second kappa shape index (κ2) is 5.93. The smallest absolute Gasteiger partial charge is 0.176 e. The number of piperidine rings is 1. The highest BCUT2D eigenvalue weighted by atomic mass is 32.1. The highest BCUT2D eigenvalue weighted by molar-refractivity contribution is 7.13. The van der Waals surface area contributed by atoms with Crippen LogP contribution in [-0.2, 0) is 0 Å². The predicted octanol–water partition coefficient (Wildman–Crippen LogP) is 3.11. The van der Waals surface area contributed by atoms with E-state index in [0.717, 1.165) is 34.5 Å². The maximum atomic E-state index is 12.3. The predicted molar refractivity (Wildman–Crippen MR) is 75.3 cm³/mol. The van der Waals surface area contributed by atoms with E-state index >= 15 is 0 Å². The fourth-order valence-corrected chi connectivity index (χ4v) is 3.60. The van der Waals surface area contributed by atoms with Gasteiger partial charge in [0.25, 0.3) is 0 Å². The van der Waals surface area contributed by atoms with Gasteiger partial charge in [0.15, 0.2) is 5.78 Å². The minimum atomic E-state index is 0.257. The van der Waals surface area contributed by atoms with E-state index in [1.54, 1.807) is 0 Å². The molecular weight excluding hydrogens is 244 g/mol. The van der Waals surface area contributed by atoms with Gasteiger partial charge in [0.1, 0.15) is 0 Å². The Morgan fingerprint density at radius 2 is 2.28 bits per heavy atom. The molecule has 1 aliphatic heterocycles. The number of nitrogens with one attached hydrogen (secondary N) is 1. The van der Waals surface area contributed by atoms with Crippen LogP contribution >= 0.6 is 11.3 Å². The molecule has 3 nitrogen and oxygen atoms in total. The summed E-state index contributed by atoms with van der Waals surface area (Å²) in [4.78, 5) is 17.5. The third-order valence-corrected chi connectivity index (χ3v) is 4.88. The molecule has 1 fully saturated rings. The van der Waals surface area contributed by atoms with Gasteiger partial charge < -0.3 is 5.32 Å². The molecule has 0 radical (unpaired) electrons. The lowest BCUT2D eigenvalue weighted by molar-refractivity contribution is 0.0960. The van der Waals surface area contributed by atoms with E-state index in [0.29, 0.717) is 12.5 Å².